The Bertz CT molecular complexity index is 960. The van der Waals surface area contributed by atoms with Gasteiger partial charge in [0.15, 0.2) is 5.82 Å². The van der Waals surface area contributed by atoms with Gasteiger partial charge in [0.25, 0.3) is 0 Å². The Labute approximate surface area is 148 Å². The molecule has 0 saturated carbocycles. The van der Waals surface area contributed by atoms with Crippen LogP contribution >= 0.6 is 15.9 Å². The highest BCUT2D eigenvalue weighted by Gasteiger charge is 2.22. The molecule has 0 saturated heterocycles. The van der Waals surface area contributed by atoms with Gasteiger partial charge in [-0.25, -0.2) is 9.98 Å². The predicted octanol–water partition coefficient (Wildman–Crippen LogP) is 5.23. The maximum Gasteiger partial charge on any atom is 0.152 e. The number of hydrogen-bond acceptors (Lipinski definition) is 4. The van der Waals surface area contributed by atoms with Crippen LogP contribution in [0.3, 0.4) is 0 Å². The topological polar surface area (TPSA) is 58.6 Å². The molecule has 5 heteroatoms. The number of aryl methyl sites for hydroxylation is 3. The lowest BCUT2D eigenvalue weighted by molar-refractivity contribution is 0.471. The van der Waals surface area contributed by atoms with Crippen LogP contribution in [0.5, 0.6) is 5.75 Å². The molecule has 0 unspecified atom stereocenters. The van der Waals surface area contributed by atoms with Crippen molar-refractivity contribution in [2.75, 3.05) is 0 Å². The number of aromatic nitrogens is 1. The van der Waals surface area contributed by atoms with Gasteiger partial charge >= 0.3 is 0 Å². The molecule has 0 aliphatic heterocycles. The number of rotatable bonds is 2. The van der Waals surface area contributed by atoms with Crippen molar-refractivity contribution in [2.24, 2.45) is 4.99 Å². The Hall–Kier alpha value is -2.14. The Morgan fingerprint density at radius 2 is 2.12 bits per heavy atom. The average molecular weight is 385 g/mol. The first-order valence-electron chi connectivity index (χ1n) is 8.07. The summed E-state index contributed by atoms with van der Waals surface area (Å²) >= 11 is 3.41. The van der Waals surface area contributed by atoms with E-state index in [4.69, 9.17) is 4.42 Å². The summed E-state index contributed by atoms with van der Waals surface area (Å²) in [4.78, 5) is 8.84. The molecule has 1 N–H and O–H groups in total. The summed E-state index contributed by atoms with van der Waals surface area (Å²) in [6, 6.07) is 7.54. The second-order valence-electron chi connectivity index (χ2n) is 6.10. The molecule has 3 aromatic rings. The number of aromatic hydroxyl groups is 1. The molecule has 122 valence electrons. The third kappa shape index (κ3) is 2.63. The van der Waals surface area contributed by atoms with Crippen molar-refractivity contribution in [2.45, 2.75) is 32.6 Å². The van der Waals surface area contributed by atoms with Crippen LogP contribution in [0.15, 0.2) is 38.1 Å². The minimum Gasteiger partial charge on any atom is -0.506 e. The maximum atomic E-state index is 10.5. The molecule has 1 aromatic carbocycles. The van der Waals surface area contributed by atoms with Gasteiger partial charge in [-0.15, -0.1) is 0 Å². The van der Waals surface area contributed by atoms with Crippen LogP contribution in [0.2, 0.25) is 0 Å². The molecule has 0 fully saturated rings. The van der Waals surface area contributed by atoms with Crippen LogP contribution in [-0.4, -0.2) is 16.3 Å². The van der Waals surface area contributed by atoms with Gasteiger partial charge in [0, 0.05) is 34.8 Å². The van der Waals surface area contributed by atoms with Gasteiger partial charge in [-0.3, -0.25) is 0 Å². The van der Waals surface area contributed by atoms with Gasteiger partial charge in [-0.1, -0.05) is 6.07 Å². The number of pyridine rings is 1. The van der Waals surface area contributed by atoms with Crippen molar-refractivity contribution in [3.63, 3.8) is 0 Å². The van der Waals surface area contributed by atoms with Crippen molar-refractivity contribution < 1.29 is 9.52 Å². The Kier molecular flexibility index (Phi) is 3.88. The van der Waals surface area contributed by atoms with E-state index >= 15 is 0 Å². The largest absolute Gasteiger partial charge is 0.506 e. The van der Waals surface area contributed by atoms with Crippen LogP contribution in [0, 0.1) is 6.92 Å². The lowest BCUT2D eigenvalue weighted by atomic mass is 9.94. The van der Waals surface area contributed by atoms with E-state index in [-0.39, 0.29) is 5.75 Å². The lowest BCUT2D eigenvalue weighted by Crippen LogP contribution is -1.99. The fourth-order valence-electron chi connectivity index (χ4n) is 3.27. The van der Waals surface area contributed by atoms with Crippen molar-refractivity contribution in [3.05, 3.63) is 51.3 Å². The second-order valence-corrected chi connectivity index (χ2v) is 6.95. The van der Waals surface area contributed by atoms with Gasteiger partial charge in [-0.05, 0) is 60.3 Å². The van der Waals surface area contributed by atoms with E-state index in [1.165, 1.54) is 5.56 Å². The maximum absolute atomic E-state index is 10.5. The predicted molar refractivity (Wildman–Crippen MR) is 98.4 cm³/mol. The van der Waals surface area contributed by atoms with Gasteiger partial charge in [-0.2, -0.15) is 0 Å². The van der Waals surface area contributed by atoms with Crippen LogP contribution < -0.4 is 0 Å². The summed E-state index contributed by atoms with van der Waals surface area (Å²) in [6.07, 6.45) is 5.92. The number of hydrogen-bond donors (Lipinski definition) is 1. The molecule has 1 aliphatic rings. The molecule has 0 bridgehead atoms. The molecule has 0 spiro atoms. The summed E-state index contributed by atoms with van der Waals surface area (Å²) < 4.78 is 6.63. The Morgan fingerprint density at radius 1 is 1.29 bits per heavy atom. The highest BCUT2D eigenvalue weighted by atomic mass is 79.9. The molecule has 2 aromatic heterocycles. The van der Waals surface area contributed by atoms with Crippen molar-refractivity contribution in [3.8, 4) is 5.75 Å². The van der Waals surface area contributed by atoms with Crippen LogP contribution in [0.4, 0.5) is 5.82 Å². The van der Waals surface area contributed by atoms with Crippen molar-refractivity contribution in [1.29, 1.82) is 0 Å². The summed E-state index contributed by atoms with van der Waals surface area (Å²) in [5.41, 5.74) is 3.60. The van der Waals surface area contributed by atoms with E-state index in [1.54, 1.807) is 6.21 Å². The molecule has 0 atom stereocenters. The highest BCUT2D eigenvalue weighted by molar-refractivity contribution is 9.10. The SMILES string of the molecule is Cc1cccc(N=Cc2c(O)c(Br)cc3oc4c(c23)CCCC4)n1. The molecule has 4 rings (SSSR count). The Balaban J connectivity index is 1.90. The molecular formula is C19H17BrN2O2. The van der Waals surface area contributed by atoms with E-state index in [9.17, 15) is 5.11 Å². The highest BCUT2D eigenvalue weighted by Crippen LogP contribution is 2.40. The number of phenolic OH excluding ortho intramolecular Hbond substituents is 1. The third-order valence-electron chi connectivity index (χ3n) is 4.41. The number of phenols is 1. The standard InChI is InChI=1S/C19H17BrN2O2/c1-11-5-4-8-17(22-11)21-10-13-18-12-6-2-3-7-15(12)24-16(18)9-14(20)19(13)23/h4-5,8-10,23H,2-3,6-7H2,1H3. The summed E-state index contributed by atoms with van der Waals surface area (Å²) in [6.45, 7) is 1.93. The van der Waals surface area contributed by atoms with Crippen LogP contribution in [0.25, 0.3) is 11.0 Å². The van der Waals surface area contributed by atoms with E-state index in [2.05, 4.69) is 25.9 Å². The molecule has 2 heterocycles. The smallest absolute Gasteiger partial charge is 0.152 e. The van der Waals surface area contributed by atoms with E-state index in [0.29, 0.717) is 15.9 Å². The van der Waals surface area contributed by atoms with Crippen LogP contribution in [0.1, 0.15) is 35.4 Å². The van der Waals surface area contributed by atoms with E-state index in [0.717, 1.165) is 48.1 Å². The average Bonchev–Trinajstić information content (AvgIpc) is 2.93. The molecular weight excluding hydrogens is 368 g/mol. The molecule has 4 nitrogen and oxygen atoms in total. The number of nitrogens with zero attached hydrogens (tertiary/aromatic N) is 2. The minimum absolute atomic E-state index is 0.188. The monoisotopic (exact) mass is 384 g/mol. The van der Waals surface area contributed by atoms with Gasteiger partial charge in [0.1, 0.15) is 17.1 Å². The molecule has 0 amide bonds. The first-order chi connectivity index (χ1) is 11.6. The fourth-order valence-corrected chi connectivity index (χ4v) is 3.69. The first-order valence-corrected chi connectivity index (χ1v) is 8.86. The second kappa shape index (κ2) is 6.06. The van der Waals surface area contributed by atoms with Gasteiger partial charge < -0.3 is 9.52 Å². The number of fused-ring (bicyclic) bond motifs is 3. The molecule has 1 aliphatic carbocycles. The van der Waals surface area contributed by atoms with Crippen molar-refractivity contribution >= 4 is 38.9 Å². The summed E-state index contributed by atoms with van der Waals surface area (Å²) in [5, 5.41) is 11.5. The zero-order valence-electron chi connectivity index (χ0n) is 13.3. The van der Waals surface area contributed by atoms with Crippen LogP contribution in [-0.2, 0) is 12.8 Å². The normalized spacial score (nSPS) is 14.4. The van der Waals surface area contributed by atoms with Gasteiger partial charge in [0.05, 0.1) is 4.47 Å². The summed E-state index contributed by atoms with van der Waals surface area (Å²) in [7, 11) is 0. The quantitative estimate of drug-likeness (QED) is 0.615. The number of furan rings is 1. The van der Waals surface area contributed by atoms with E-state index < -0.39 is 0 Å². The molecule has 24 heavy (non-hydrogen) atoms. The minimum atomic E-state index is 0.188. The number of halogens is 1. The van der Waals surface area contributed by atoms with Crippen molar-refractivity contribution in [1.82, 2.24) is 4.98 Å². The van der Waals surface area contributed by atoms with Gasteiger partial charge in [0.2, 0.25) is 0 Å². The zero-order valence-corrected chi connectivity index (χ0v) is 14.9. The summed E-state index contributed by atoms with van der Waals surface area (Å²) in [5.74, 6) is 1.85. The number of benzene rings is 1. The Morgan fingerprint density at radius 3 is 2.96 bits per heavy atom. The third-order valence-corrected chi connectivity index (χ3v) is 5.01. The fraction of sp³-hybridized carbons (Fsp3) is 0.263. The first kappa shape index (κ1) is 15.4. The zero-order chi connectivity index (χ0) is 16.7. The number of aliphatic imine (C=N–C) groups is 1. The van der Waals surface area contributed by atoms with E-state index in [1.807, 2.05) is 31.2 Å². The lowest BCUT2D eigenvalue weighted by Gasteiger charge is -2.10. The molecule has 0 radical (unpaired) electrons.